The zero-order chi connectivity index (χ0) is 40.7. The van der Waals surface area contributed by atoms with Crippen LogP contribution in [-0.4, -0.2) is 6.79 Å². The van der Waals surface area contributed by atoms with Gasteiger partial charge in [0.15, 0.2) is 0 Å². The van der Waals surface area contributed by atoms with E-state index in [0.717, 1.165) is 0 Å². The first kappa shape index (κ1) is 48.5. The fourth-order valence-electron chi connectivity index (χ4n) is 6.54. The van der Waals surface area contributed by atoms with Gasteiger partial charge in [-0.3, -0.25) is 6.79 Å². The van der Waals surface area contributed by atoms with Crippen LogP contribution in [0.25, 0.3) is 0 Å². The van der Waals surface area contributed by atoms with Crippen molar-refractivity contribution in [3.05, 3.63) is 273 Å². The summed E-state index contributed by atoms with van der Waals surface area (Å²) in [5.74, 6) is 0. The number of rotatable bonds is 9. The fraction of sp³-hybridized carbons (Fsp3) is 0. The minimum atomic E-state index is -0.446. The predicted molar refractivity (Wildman–Crippen MR) is 269 cm³/mol. The summed E-state index contributed by atoms with van der Waals surface area (Å²) in [5.41, 5.74) is 0. The Kier molecular flexibility index (Phi) is 22.0. The normalized spacial score (nSPS) is 9.95. The van der Waals surface area contributed by atoms with E-state index in [0.29, 0.717) is 0 Å². The van der Waals surface area contributed by atoms with Gasteiger partial charge in [0.05, 0.1) is 0 Å². The second-order valence-electron chi connectivity index (χ2n) is 13.0. The zero-order valence-electron chi connectivity index (χ0n) is 33.5. The molecule has 0 fully saturated rings. The Labute approximate surface area is 385 Å². The minimum Gasteiger partial charge on any atom is -0.545 e. The maximum absolute atomic E-state index is 7.75. The van der Waals surface area contributed by atoms with E-state index in [9.17, 15) is 0 Å². The first-order chi connectivity index (χ1) is 29.3. The summed E-state index contributed by atoms with van der Waals surface area (Å²) in [6, 6.07) is 97.0. The molecule has 0 bridgehead atoms. The average molecular weight is 955 g/mol. The summed E-state index contributed by atoms with van der Waals surface area (Å²) >= 11 is 0. The number of hydrogen-bond acceptors (Lipinski definition) is 1. The molecular formula is C55H47ClOP3Rh-. The molecule has 0 aliphatic heterocycles. The Balaban J connectivity index is 0.000000194. The Bertz CT molecular complexity index is 1890. The zero-order valence-corrected chi connectivity index (χ0v) is 38.7. The maximum atomic E-state index is 7.75. The molecule has 0 N–H and O–H groups in total. The van der Waals surface area contributed by atoms with E-state index in [1.54, 1.807) is 0 Å². The molecule has 1 nitrogen and oxygen atoms in total. The molecule has 0 aromatic heterocycles. The molecule has 0 unspecified atom stereocenters. The van der Waals surface area contributed by atoms with Gasteiger partial charge in [0.1, 0.15) is 0 Å². The first-order valence-corrected chi connectivity index (χ1v) is 23.5. The molecule has 305 valence electrons. The van der Waals surface area contributed by atoms with Crippen LogP contribution >= 0.6 is 36.2 Å². The summed E-state index contributed by atoms with van der Waals surface area (Å²) in [4.78, 5) is 7.75. The van der Waals surface area contributed by atoms with Gasteiger partial charge in [-0.1, -0.05) is 273 Å². The van der Waals surface area contributed by atoms with Crippen LogP contribution in [0.5, 0.6) is 0 Å². The van der Waals surface area contributed by atoms with Gasteiger partial charge in [-0.15, -0.1) is 12.4 Å². The van der Waals surface area contributed by atoms with Crippen molar-refractivity contribution >= 4 is 90.7 Å². The quantitative estimate of drug-likeness (QED) is 0.0610. The van der Waals surface area contributed by atoms with Crippen LogP contribution in [-0.2, 0) is 24.3 Å². The number of halogens is 1. The molecule has 9 rings (SSSR count). The van der Waals surface area contributed by atoms with Gasteiger partial charge in [-0.05, 0) is 71.5 Å². The van der Waals surface area contributed by atoms with Crippen LogP contribution in [0.4, 0.5) is 0 Å². The molecule has 0 aliphatic rings. The molecule has 9 aromatic rings. The van der Waals surface area contributed by atoms with Crippen molar-refractivity contribution in [1.82, 2.24) is 0 Å². The number of benzene rings is 9. The topological polar surface area (TPSA) is 17.1 Å². The molecule has 0 heterocycles. The van der Waals surface area contributed by atoms with Crippen molar-refractivity contribution in [2.45, 2.75) is 0 Å². The molecule has 0 spiro atoms. The monoisotopic (exact) mass is 954 g/mol. The third-order valence-corrected chi connectivity index (χ3v) is 16.5. The smallest absolute Gasteiger partial charge is 0 e. The summed E-state index contributed by atoms with van der Waals surface area (Å²) in [7, 11) is -1.34. The van der Waals surface area contributed by atoms with Crippen molar-refractivity contribution < 1.29 is 24.3 Å². The van der Waals surface area contributed by atoms with E-state index < -0.39 is 23.8 Å². The van der Waals surface area contributed by atoms with E-state index >= 15 is 0 Å². The first-order valence-electron chi connectivity index (χ1n) is 19.4. The third kappa shape index (κ3) is 14.5. The average Bonchev–Trinajstić information content (AvgIpc) is 3.34. The molecule has 9 aromatic carbocycles. The SMILES string of the molecule is Cl.[CH-]=O.[Rh].c1ccc(P(c2ccccc2)c2ccccc2)cc1.c1ccc(P(c2ccccc2)c2ccccc2)cc1.c1ccc(P(c2ccccc2)c2ccccc2)cc1. The summed E-state index contributed by atoms with van der Waals surface area (Å²) in [5, 5.41) is 12.6. The van der Waals surface area contributed by atoms with Gasteiger partial charge in [0, 0.05) is 19.5 Å². The third-order valence-electron chi connectivity index (χ3n) is 9.13. The summed E-state index contributed by atoms with van der Waals surface area (Å²) < 4.78 is 0. The van der Waals surface area contributed by atoms with Gasteiger partial charge < -0.3 is 4.79 Å². The molecule has 1 radical (unpaired) electrons. The van der Waals surface area contributed by atoms with Crippen LogP contribution in [0.15, 0.2) is 273 Å². The van der Waals surface area contributed by atoms with Crippen LogP contribution in [0.2, 0.25) is 0 Å². The maximum Gasteiger partial charge on any atom is 0 e. The number of carbonyl (C=O) groups excluding carboxylic acids is 1. The number of hydrogen-bond donors (Lipinski definition) is 0. The fourth-order valence-corrected chi connectivity index (χ4v) is 13.5. The molecule has 6 heteroatoms. The van der Waals surface area contributed by atoms with Crippen molar-refractivity contribution in [3.8, 4) is 0 Å². The second-order valence-corrected chi connectivity index (χ2v) is 19.7. The Morgan fingerprint density at radius 3 is 0.361 bits per heavy atom. The second kappa shape index (κ2) is 27.6. The molecule has 0 saturated heterocycles. The van der Waals surface area contributed by atoms with E-state index in [2.05, 4.69) is 280 Å². The van der Waals surface area contributed by atoms with Crippen molar-refractivity contribution in [1.29, 1.82) is 0 Å². The van der Waals surface area contributed by atoms with E-state index in [1.165, 1.54) is 47.7 Å². The Hall–Kier alpha value is -5.15. The molecule has 0 saturated carbocycles. The molecule has 61 heavy (non-hydrogen) atoms. The van der Waals surface area contributed by atoms with Crippen LogP contribution in [0.3, 0.4) is 0 Å². The molecule has 0 aliphatic carbocycles. The van der Waals surface area contributed by atoms with Gasteiger partial charge in [-0.25, -0.2) is 0 Å². The van der Waals surface area contributed by atoms with Gasteiger partial charge in [0.2, 0.25) is 0 Å². The van der Waals surface area contributed by atoms with Gasteiger partial charge in [-0.2, -0.15) is 0 Å². The van der Waals surface area contributed by atoms with Crippen molar-refractivity contribution in [3.63, 3.8) is 0 Å². The molecular weight excluding hydrogens is 908 g/mol. The molecule has 0 amide bonds. The van der Waals surface area contributed by atoms with Crippen molar-refractivity contribution in [2.24, 2.45) is 0 Å². The minimum absolute atomic E-state index is 0. The van der Waals surface area contributed by atoms with Crippen molar-refractivity contribution in [2.75, 3.05) is 0 Å². The predicted octanol–water partition coefficient (Wildman–Crippen LogP) is 10.5. The Morgan fingerprint density at radius 1 is 0.197 bits per heavy atom. The van der Waals surface area contributed by atoms with E-state index in [-0.39, 0.29) is 31.9 Å². The largest absolute Gasteiger partial charge is 0.545 e. The van der Waals surface area contributed by atoms with Gasteiger partial charge in [0.25, 0.3) is 0 Å². The van der Waals surface area contributed by atoms with Gasteiger partial charge >= 0.3 is 0 Å². The Morgan fingerprint density at radius 2 is 0.279 bits per heavy atom. The van der Waals surface area contributed by atoms with Crippen LogP contribution in [0, 0.1) is 0 Å². The molecule has 0 atom stereocenters. The van der Waals surface area contributed by atoms with Crippen LogP contribution < -0.4 is 47.7 Å². The van der Waals surface area contributed by atoms with Crippen LogP contribution in [0.1, 0.15) is 0 Å². The summed E-state index contributed by atoms with van der Waals surface area (Å²) in [6.45, 7) is 3.25. The standard InChI is InChI=1S/3C18H15P.CHO.ClH.Rh/c3*1-4-10-16(11-5-1)19(17-12-6-2-7-13-17)18-14-8-3-9-15-18;1-2;;/h3*1-15H;1H;1H;/q;;;-1;;. The summed E-state index contributed by atoms with van der Waals surface area (Å²) in [6.07, 6.45) is 0. The van der Waals surface area contributed by atoms with E-state index in [1.807, 2.05) is 0 Å². The van der Waals surface area contributed by atoms with E-state index in [4.69, 9.17) is 4.79 Å².